The predicted octanol–water partition coefficient (Wildman–Crippen LogP) is 3.08. The van der Waals surface area contributed by atoms with E-state index < -0.39 is 27.4 Å². The van der Waals surface area contributed by atoms with Gasteiger partial charge in [0.05, 0.1) is 10.5 Å². The number of rotatable bonds is 6. The fraction of sp³-hybridized carbons (Fsp3) is 0.235. The van der Waals surface area contributed by atoms with Gasteiger partial charge in [0.15, 0.2) is 0 Å². The van der Waals surface area contributed by atoms with Gasteiger partial charge in [-0.1, -0.05) is 32.0 Å². The third kappa shape index (κ3) is 3.80. The number of esters is 1. The van der Waals surface area contributed by atoms with Crippen molar-refractivity contribution in [3.8, 4) is 5.75 Å². The Morgan fingerprint density at radius 2 is 1.71 bits per heavy atom. The van der Waals surface area contributed by atoms with Crippen LogP contribution in [0, 0.1) is 5.82 Å². The van der Waals surface area contributed by atoms with E-state index in [9.17, 15) is 17.6 Å². The molecule has 0 spiro atoms. The number of halogens is 1. The summed E-state index contributed by atoms with van der Waals surface area (Å²) in [6.45, 7) is 3.96. The molecule has 0 N–H and O–H groups in total. The summed E-state index contributed by atoms with van der Waals surface area (Å²) in [7, 11) is -3.79. The summed E-state index contributed by atoms with van der Waals surface area (Å²) >= 11 is 0. The van der Waals surface area contributed by atoms with Crippen molar-refractivity contribution >= 4 is 16.0 Å². The molecular formula is C17H18FNO4S. The summed E-state index contributed by atoms with van der Waals surface area (Å²) < 4.78 is 45.3. The van der Waals surface area contributed by atoms with E-state index in [1.54, 1.807) is 44.2 Å². The van der Waals surface area contributed by atoms with E-state index >= 15 is 0 Å². The van der Waals surface area contributed by atoms with Gasteiger partial charge in [-0.2, -0.15) is 4.31 Å². The molecule has 0 aliphatic rings. The van der Waals surface area contributed by atoms with Crippen LogP contribution in [0.1, 0.15) is 24.2 Å². The molecule has 0 aliphatic heterocycles. The highest BCUT2D eigenvalue weighted by Crippen LogP contribution is 2.21. The molecule has 0 unspecified atom stereocenters. The van der Waals surface area contributed by atoms with Crippen LogP contribution in [0.3, 0.4) is 0 Å². The third-order valence-corrected chi connectivity index (χ3v) is 5.50. The molecule has 0 saturated heterocycles. The number of carbonyl (C=O) groups is 1. The van der Waals surface area contributed by atoms with Gasteiger partial charge in [0, 0.05) is 13.1 Å². The van der Waals surface area contributed by atoms with E-state index in [0.29, 0.717) is 0 Å². The second kappa shape index (κ2) is 7.55. The number of benzene rings is 2. The van der Waals surface area contributed by atoms with Gasteiger partial charge in [-0.15, -0.1) is 0 Å². The molecular weight excluding hydrogens is 333 g/mol. The predicted molar refractivity (Wildman–Crippen MR) is 87.9 cm³/mol. The van der Waals surface area contributed by atoms with Crippen LogP contribution in [0.5, 0.6) is 5.75 Å². The first-order valence-corrected chi connectivity index (χ1v) is 8.91. The lowest BCUT2D eigenvalue weighted by molar-refractivity contribution is 0.0729. The Hall–Kier alpha value is -2.25. The number of ether oxygens (including phenoxy) is 1. The lowest BCUT2D eigenvalue weighted by Crippen LogP contribution is -2.30. The van der Waals surface area contributed by atoms with Crippen LogP contribution in [-0.4, -0.2) is 31.8 Å². The van der Waals surface area contributed by atoms with Crippen LogP contribution in [0.2, 0.25) is 0 Å². The fourth-order valence-electron chi connectivity index (χ4n) is 2.18. The highest BCUT2D eigenvalue weighted by Gasteiger charge is 2.24. The highest BCUT2D eigenvalue weighted by molar-refractivity contribution is 7.89. The smallest absolute Gasteiger partial charge is 0.346 e. The molecule has 0 aromatic heterocycles. The summed E-state index contributed by atoms with van der Waals surface area (Å²) in [5.74, 6) is -1.54. The topological polar surface area (TPSA) is 63.7 Å². The van der Waals surface area contributed by atoms with Crippen molar-refractivity contribution in [2.75, 3.05) is 13.1 Å². The molecule has 2 aromatic carbocycles. The van der Waals surface area contributed by atoms with E-state index in [2.05, 4.69) is 0 Å². The quantitative estimate of drug-likeness (QED) is 0.593. The van der Waals surface area contributed by atoms with Crippen LogP contribution < -0.4 is 4.74 Å². The van der Waals surface area contributed by atoms with E-state index in [-0.39, 0.29) is 23.7 Å². The van der Waals surface area contributed by atoms with Gasteiger partial charge in [0.1, 0.15) is 11.6 Å². The zero-order valence-electron chi connectivity index (χ0n) is 13.4. The number of para-hydroxylation sites is 1. The van der Waals surface area contributed by atoms with Crippen LogP contribution in [0.25, 0.3) is 0 Å². The van der Waals surface area contributed by atoms with Crippen molar-refractivity contribution in [1.29, 1.82) is 0 Å². The Balaban J connectivity index is 2.37. The molecule has 0 amide bonds. The molecule has 24 heavy (non-hydrogen) atoms. The molecule has 5 nitrogen and oxygen atoms in total. The van der Waals surface area contributed by atoms with Crippen LogP contribution in [0.15, 0.2) is 53.4 Å². The van der Waals surface area contributed by atoms with Gasteiger partial charge in [0.2, 0.25) is 10.0 Å². The summed E-state index contributed by atoms with van der Waals surface area (Å²) in [5.41, 5.74) is -0.424. The largest absolute Gasteiger partial charge is 0.423 e. The van der Waals surface area contributed by atoms with E-state index in [1.807, 2.05) is 0 Å². The van der Waals surface area contributed by atoms with Crippen molar-refractivity contribution in [2.45, 2.75) is 18.7 Å². The first kappa shape index (κ1) is 18.1. The van der Waals surface area contributed by atoms with E-state index in [4.69, 9.17) is 4.74 Å². The zero-order valence-corrected chi connectivity index (χ0v) is 14.2. The van der Waals surface area contributed by atoms with Crippen LogP contribution >= 0.6 is 0 Å². The lowest BCUT2D eigenvalue weighted by atomic mass is 10.2. The molecule has 2 aromatic rings. The second-order valence-corrected chi connectivity index (χ2v) is 6.87. The first-order chi connectivity index (χ1) is 11.4. The minimum absolute atomic E-state index is 0.146. The van der Waals surface area contributed by atoms with Crippen molar-refractivity contribution in [3.05, 3.63) is 59.9 Å². The summed E-state index contributed by atoms with van der Waals surface area (Å²) in [6.07, 6.45) is 0. The lowest BCUT2D eigenvalue weighted by Gasteiger charge is -2.18. The monoisotopic (exact) mass is 351 g/mol. The van der Waals surface area contributed by atoms with Gasteiger partial charge in [0.25, 0.3) is 0 Å². The summed E-state index contributed by atoms with van der Waals surface area (Å²) in [6, 6.07) is 11.3. The Labute approximate surface area is 140 Å². The minimum Gasteiger partial charge on any atom is -0.423 e. The van der Waals surface area contributed by atoms with E-state index in [0.717, 1.165) is 18.2 Å². The maximum absolute atomic E-state index is 14.0. The van der Waals surface area contributed by atoms with Gasteiger partial charge >= 0.3 is 5.97 Å². The van der Waals surface area contributed by atoms with Gasteiger partial charge in [-0.3, -0.25) is 0 Å². The zero-order chi connectivity index (χ0) is 17.7. The Morgan fingerprint density at radius 3 is 2.29 bits per heavy atom. The maximum atomic E-state index is 14.0. The molecule has 128 valence electrons. The SMILES string of the molecule is CCN(CC)S(=O)(=O)c1ccc(F)c(C(=O)Oc2ccccc2)c1. The molecule has 0 atom stereocenters. The van der Waals surface area contributed by atoms with Gasteiger partial charge in [-0.25, -0.2) is 17.6 Å². The highest BCUT2D eigenvalue weighted by atomic mass is 32.2. The van der Waals surface area contributed by atoms with Crippen molar-refractivity contribution in [1.82, 2.24) is 4.31 Å². The molecule has 0 saturated carbocycles. The average molecular weight is 351 g/mol. The maximum Gasteiger partial charge on any atom is 0.346 e. The molecule has 0 radical (unpaired) electrons. The van der Waals surface area contributed by atoms with Crippen molar-refractivity contribution in [2.24, 2.45) is 0 Å². The number of hydrogen-bond acceptors (Lipinski definition) is 4. The van der Waals surface area contributed by atoms with Crippen LogP contribution in [-0.2, 0) is 10.0 Å². The molecule has 0 aliphatic carbocycles. The fourth-order valence-corrected chi connectivity index (χ4v) is 3.67. The Bertz CT molecular complexity index is 818. The number of hydrogen-bond donors (Lipinski definition) is 0. The molecule has 0 heterocycles. The van der Waals surface area contributed by atoms with E-state index in [1.165, 1.54) is 4.31 Å². The van der Waals surface area contributed by atoms with Gasteiger partial charge in [-0.05, 0) is 30.3 Å². The summed E-state index contributed by atoms with van der Waals surface area (Å²) in [4.78, 5) is 12.0. The van der Waals surface area contributed by atoms with Gasteiger partial charge < -0.3 is 4.74 Å². The van der Waals surface area contributed by atoms with Crippen molar-refractivity contribution < 1.29 is 22.3 Å². The first-order valence-electron chi connectivity index (χ1n) is 7.47. The second-order valence-electron chi connectivity index (χ2n) is 4.93. The standard InChI is InChI=1S/C17H18FNO4S/c1-3-19(4-2)24(21,22)14-10-11-16(18)15(12-14)17(20)23-13-8-6-5-7-9-13/h5-12H,3-4H2,1-2H3. The normalized spacial score (nSPS) is 11.5. The Morgan fingerprint density at radius 1 is 1.08 bits per heavy atom. The number of sulfonamides is 1. The molecule has 7 heteroatoms. The minimum atomic E-state index is -3.79. The molecule has 0 bridgehead atoms. The van der Waals surface area contributed by atoms with Crippen molar-refractivity contribution in [3.63, 3.8) is 0 Å². The third-order valence-electron chi connectivity index (χ3n) is 3.45. The summed E-state index contributed by atoms with van der Waals surface area (Å²) in [5, 5.41) is 0. The number of carbonyl (C=O) groups excluding carboxylic acids is 1. The van der Waals surface area contributed by atoms with Crippen LogP contribution in [0.4, 0.5) is 4.39 Å². The number of nitrogens with zero attached hydrogens (tertiary/aromatic N) is 1. The average Bonchev–Trinajstić information content (AvgIpc) is 2.56. The Kier molecular flexibility index (Phi) is 5.69. The molecule has 0 fully saturated rings. The molecule has 2 rings (SSSR count).